The smallest absolute Gasteiger partial charge is 0.367 e. The van der Waals surface area contributed by atoms with Gasteiger partial charge in [0.2, 0.25) is 0 Å². The van der Waals surface area contributed by atoms with Crippen molar-refractivity contribution in [2.45, 2.75) is 65.2 Å². The number of rotatable bonds is 12. The maximum Gasteiger partial charge on any atom is 0.674 e. The Balaban J connectivity index is 3.38. The van der Waals surface area contributed by atoms with Crippen molar-refractivity contribution < 1.29 is 18.4 Å². The largest absolute Gasteiger partial charge is 0.674 e. The van der Waals surface area contributed by atoms with Crippen LogP contribution >= 0.6 is 0 Å². The van der Waals surface area contributed by atoms with Crippen molar-refractivity contribution in [2.75, 3.05) is 13.2 Å². The van der Waals surface area contributed by atoms with E-state index in [9.17, 15) is 9.59 Å². The van der Waals surface area contributed by atoms with Crippen LogP contribution in [0.2, 0.25) is 0 Å². The molecule has 0 saturated carbocycles. The molecule has 0 amide bonds. The fourth-order valence-corrected chi connectivity index (χ4v) is 2.41. The van der Waals surface area contributed by atoms with Gasteiger partial charge in [-0.2, -0.15) is 0 Å². The summed E-state index contributed by atoms with van der Waals surface area (Å²) in [6.07, 6.45) is 8.50. The second-order valence-corrected chi connectivity index (χ2v) is 6.04. The zero-order valence-electron chi connectivity index (χ0n) is 11.3. The van der Waals surface area contributed by atoms with Crippen LogP contribution in [0.15, 0.2) is 0 Å². The highest BCUT2D eigenvalue weighted by Crippen LogP contribution is 2.06. The Morgan fingerprint density at radius 2 is 1.12 bits per heavy atom. The van der Waals surface area contributed by atoms with Crippen LogP contribution < -0.4 is 0 Å². The third-order valence-corrected chi connectivity index (χ3v) is 3.74. The summed E-state index contributed by atoms with van der Waals surface area (Å²) in [6, 6.07) is 0. The number of hydrogen-bond acceptors (Lipinski definition) is 4. The average molecular weight is 264 g/mol. The van der Waals surface area contributed by atoms with Crippen LogP contribution in [0.5, 0.6) is 0 Å². The second kappa shape index (κ2) is 11.2. The molecule has 5 heteroatoms. The minimum absolute atomic E-state index is 0.383. The van der Waals surface area contributed by atoms with E-state index in [0.29, 0.717) is 13.2 Å². The molecule has 17 heavy (non-hydrogen) atoms. The topological polar surface area (TPSA) is 58.9 Å². The molecule has 0 aromatic heterocycles. The fourth-order valence-electron chi connectivity index (χ4n) is 1.51. The van der Waals surface area contributed by atoms with Gasteiger partial charge in [-0.1, -0.05) is 52.4 Å². The molecule has 0 saturated heterocycles. The number of unbranched alkanes of at least 4 members (excludes halogenated alkanes) is 6. The summed E-state index contributed by atoms with van der Waals surface area (Å²) in [6.45, 7) is 5.04. The summed E-state index contributed by atoms with van der Waals surface area (Å²) >= 11 is 0. The molecule has 104 valence electrons. The highest BCUT2D eigenvalue weighted by molar-refractivity contribution is 6.50. The van der Waals surface area contributed by atoms with Gasteiger partial charge in [-0.3, -0.25) is 0 Å². The Labute approximate surface area is 106 Å². The quantitative estimate of drug-likeness (QED) is 0.420. The minimum Gasteiger partial charge on any atom is -0.367 e. The minimum atomic E-state index is -3.82. The summed E-state index contributed by atoms with van der Waals surface area (Å²) in [7, 11) is -3.82. The molecular weight excluding hydrogens is 236 g/mol. The van der Waals surface area contributed by atoms with Gasteiger partial charge in [0, 0.05) is 13.2 Å². The molecule has 4 nitrogen and oxygen atoms in total. The predicted octanol–water partition coefficient (Wildman–Crippen LogP) is 2.60. The van der Waals surface area contributed by atoms with Gasteiger partial charge >= 0.3 is 9.05 Å². The third kappa shape index (κ3) is 12.3. The Bertz CT molecular complexity index is 149. The first kappa shape index (κ1) is 17.1. The highest BCUT2D eigenvalue weighted by atomic mass is 28.4. The average Bonchev–Trinajstić information content (AvgIpc) is 2.28. The zero-order chi connectivity index (χ0) is 13.0. The maximum absolute atomic E-state index is 9.48. The lowest BCUT2D eigenvalue weighted by Crippen LogP contribution is -2.43. The van der Waals surface area contributed by atoms with Gasteiger partial charge in [0.15, 0.2) is 0 Å². The molecule has 0 aliphatic carbocycles. The van der Waals surface area contributed by atoms with Crippen LogP contribution in [-0.2, 0) is 8.85 Å². The van der Waals surface area contributed by atoms with Crippen molar-refractivity contribution in [3.8, 4) is 0 Å². The molecule has 0 rings (SSSR count). The molecule has 0 aromatic rings. The van der Waals surface area contributed by atoms with Crippen LogP contribution in [0, 0.1) is 0 Å². The van der Waals surface area contributed by atoms with Gasteiger partial charge in [0.1, 0.15) is 0 Å². The number of hydrogen-bond donors (Lipinski definition) is 2. The van der Waals surface area contributed by atoms with Crippen LogP contribution in [0.1, 0.15) is 65.2 Å². The predicted molar refractivity (Wildman–Crippen MR) is 70.4 cm³/mol. The summed E-state index contributed by atoms with van der Waals surface area (Å²) in [5.74, 6) is 0. The lowest BCUT2D eigenvalue weighted by molar-refractivity contribution is 0.0219. The van der Waals surface area contributed by atoms with Crippen LogP contribution in [0.4, 0.5) is 0 Å². The van der Waals surface area contributed by atoms with E-state index >= 15 is 0 Å². The van der Waals surface area contributed by atoms with Gasteiger partial charge in [0.05, 0.1) is 0 Å². The van der Waals surface area contributed by atoms with Gasteiger partial charge < -0.3 is 18.4 Å². The molecule has 0 aromatic carbocycles. The summed E-state index contributed by atoms with van der Waals surface area (Å²) in [4.78, 5) is 19.0. The summed E-state index contributed by atoms with van der Waals surface area (Å²) in [5, 5.41) is 0. The zero-order valence-corrected chi connectivity index (χ0v) is 12.3. The van der Waals surface area contributed by atoms with Crippen LogP contribution in [0.25, 0.3) is 0 Å². The lowest BCUT2D eigenvalue weighted by Gasteiger charge is -2.17. The van der Waals surface area contributed by atoms with Gasteiger partial charge in [-0.15, -0.1) is 0 Å². The molecule has 2 N–H and O–H groups in total. The Morgan fingerprint density at radius 1 is 0.706 bits per heavy atom. The van der Waals surface area contributed by atoms with Crippen molar-refractivity contribution in [2.24, 2.45) is 0 Å². The van der Waals surface area contributed by atoms with Crippen molar-refractivity contribution in [3.63, 3.8) is 0 Å². The van der Waals surface area contributed by atoms with E-state index in [1.165, 1.54) is 0 Å². The molecule has 0 radical (unpaired) electrons. The molecule has 0 atom stereocenters. The maximum atomic E-state index is 9.48. The summed E-state index contributed by atoms with van der Waals surface area (Å²) in [5.41, 5.74) is 0. The van der Waals surface area contributed by atoms with Crippen molar-refractivity contribution in [3.05, 3.63) is 0 Å². The Morgan fingerprint density at radius 3 is 1.47 bits per heavy atom. The molecule has 0 fully saturated rings. The Hall–Kier alpha value is 0.0569. The first-order chi connectivity index (χ1) is 8.12. The van der Waals surface area contributed by atoms with E-state index in [1.807, 2.05) is 0 Å². The second-order valence-electron chi connectivity index (χ2n) is 4.37. The van der Waals surface area contributed by atoms with Crippen LogP contribution in [0.3, 0.4) is 0 Å². The standard InChI is InChI=1S/C12H28O4Si/c1-3-5-7-9-11-15-17(13,14)16-12-10-8-6-4-2/h13-14H,3-12H2,1-2H3. The molecule has 0 spiro atoms. The van der Waals surface area contributed by atoms with E-state index in [2.05, 4.69) is 13.8 Å². The Kier molecular flexibility index (Phi) is 11.2. The fraction of sp³-hybridized carbons (Fsp3) is 1.00. The normalized spacial score (nSPS) is 12.0. The third-order valence-electron chi connectivity index (χ3n) is 2.58. The molecule has 0 heterocycles. The van der Waals surface area contributed by atoms with Crippen molar-refractivity contribution >= 4 is 9.05 Å². The van der Waals surface area contributed by atoms with E-state index in [-0.39, 0.29) is 0 Å². The first-order valence-corrected chi connectivity index (χ1v) is 8.56. The SMILES string of the molecule is CCCCCCO[Si](O)(O)OCCCCCC. The molecule has 0 bridgehead atoms. The molecular formula is C12H28O4Si. The van der Waals surface area contributed by atoms with Crippen LogP contribution in [-0.4, -0.2) is 31.9 Å². The van der Waals surface area contributed by atoms with Gasteiger partial charge in [-0.05, 0) is 12.8 Å². The van der Waals surface area contributed by atoms with Gasteiger partial charge in [-0.25, -0.2) is 0 Å². The van der Waals surface area contributed by atoms with Crippen molar-refractivity contribution in [1.82, 2.24) is 0 Å². The molecule has 0 unspecified atom stereocenters. The first-order valence-electron chi connectivity index (χ1n) is 6.85. The molecule has 0 aliphatic heterocycles. The highest BCUT2D eigenvalue weighted by Gasteiger charge is 2.35. The van der Waals surface area contributed by atoms with Crippen molar-refractivity contribution in [1.29, 1.82) is 0 Å². The van der Waals surface area contributed by atoms with E-state index in [4.69, 9.17) is 8.85 Å². The molecule has 0 aliphatic rings. The van der Waals surface area contributed by atoms with E-state index in [1.54, 1.807) is 0 Å². The lowest BCUT2D eigenvalue weighted by atomic mass is 10.2. The van der Waals surface area contributed by atoms with E-state index in [0.717, 1.165) is 51.4 Å². The monoisotopic (exact) mass is 264 g/mol. The van der Waals surface area contributed by atoms with Gasteiger partial charge in [0.25, 0.3) is 0 Å². The summed E-state index contributed by atoms with van der Waals surface area (Å²) < 4.78 is 10.0. The van der Waals surface area contributed by atoms with E-state index < -0.39 is 9.05 Å².